The Hall–Kier alpha value is -4.35. The molecule has 0 fully saturated rings. The lowest BCUT2D eigenvalue weighted by molar-refractivity contribution is 0.0322. The van der Waals surface area contributed by atoms with E-state index < -0.39 is 5.97 Å². The van der Waals surface area contributed by atoms with Crippen LogP contribution in [0.3, 0.4) is 0 Å². The molecule has 0 aliphatic heterocycles. The van der Waals surface area contributed by atoms with Gasteiger partial charge in [0.15, 0.2) is 50.2 Å². The van der Waals surface area contributed by atoms with E-state index in [1.165, 1.54) is 7.11 Å². The summed E-state index contributed by atoms with van der Waals surface area (Å²) in [6, 6.07) is 16.4. The Bertz CT molecular complexity index is 1350. The van der Waals surface area contributed by atoms with E-state index in [0.29, 0.717) is 28.6 Å². The topological polar surface area (TPSA) is 100 Å². The molecular weight excluding hydrogens is 544 g/mol. The summed E-state index contributed by atoms with van der Waals surface area (Å²) in [6.45, 7) is 0.295. The van der Waals surface area contributed by atoms with Gasteiger partial charge in [-0.05, 0) is 58.7 Å². The average molecular weight is 581 g/mol. The SMILES string of the molecule is COCOc1ccc(/C=C/c2ccc(C(=O)OC)cc2/C=C/c2ccc(OCOC)c(OCOC)c2)cc1OCOC. The van der Waals surface area contributed by atoms with Crippen LogP contribution in [0.25, 0.3) is 24.3 Å². The van der Waals surface area contributed by atoms with Gasteiger partial charge in [0.1, 0.15) is 0 Å². The highest BCUT2D eigenvalue weighted by atomic mass is 16.7. The third-order valence-electron chi connectivity index (χ3n) is 5.68. The zero-order valence-electron chi connectivity index (χ0n) is 24.4. The van der Waals surface area contributed by atoms with Crippen LogP contribution in [0.15, 0.2) is 54.6 Å². The van der Waals surface area contributed by atoms with E-state index >= 15 is 0 Å². The van der Waals surface area contributed by atoms with Crippen LogP contribution in [-0.4, -0.2) is 68.7 Å². The fraction of sp³-hybridized carbons (Fsp3) is 0.281. The lowest BCUT2D eigenvalue weighted by Crippen LogP contribution is -2.04. The molecule has 0 unspecified atom stereocenters. The van der Waals surface area contributed by atoms with Crippen molar-refractivity contribution in [1.82, 2.24) is 0 Å². The first-order chi connectivity index (χ1) is 20.5. The molecule has 0 aliphatic carbocycles. The van der Waals surface area contributed by atoms with E-state index in [9.17, 15) is 4.79 Å². The van der Waals surface area contributed by atoms with Crippen LogP contribution >= 0.6 is 0 Å². The maximum atomic E-state index is 12.3. The summed E-state index contributed by atoms with van der Waals surface area (Å²) in [5.41, 5.74) is 3.80. The number of methoxy groups -OCH3 is 5. The zero-order valence-corrected chi connectivity index (χ0v) is 24.4. The first kappa shape index (κ1) is 32.2. The van der Waals surface area contributed by atoms with E-state index in [0.717, 1.165) is 22.3 Å². The molecule has 0 N–H and O–H groups in total. The Morgan fingerprint density at radius 3 is 1.43 bits per heavy atom. The molecule has 0 radical (unpaired) electrons. The highest BCUT2D eigenvalue weighted by Crippen LogP contribution is 2.31. The molecule has 0 amide bonds. The van der Waals surface area contributed by atoms with Gasteiger partial charge in [0, 0.05) is 28.4 Å². The van der Waals surface area contributed by atoms with Crippen molar-refractivity contribution in [3.05, 3.63) is 82.4 Å². The summed E-state index contributed by atoms with van der Waals surface area (Å²) >= 11 is 0. The highest BCUT2D eigenvalue weighted by molar-refractivity contribution is 5.92. The summed E-state index contributed by atoms with van der Waals surface area (Å²) in [5, 5.41) is 0. The van der Waals surface area contributed by atoms with E-state index in [2.05, 4.69) is 0 Å². The third kappa shape index (κ3) is 9.64. The molecule has 3 aromatic rings. The van der Waals surface area contributed by atoms with Crippen LogP contribution in [0.4, 0.5) is 0 Å². The maximum absolute atomic E-state index is 12.3. The molecule has 3 rings (SSSR count). The third-order valence-corrected chi connectivity index (χ3v) is 5.68. The van der Waals surface area contributed by atoms with Gasteiger partial charge in [0.05, 0.1) is 12.7 Å². The van der Waals surface area contributed by atoms with Crippen LogP contribution < -0.4 is 18.9 Å². The number of carbonyl (C=O) groups is 1. The summed E-state index contributed by atoms with van der Waals surface area (Å²) in [7, 11) is 7.53. The molecule has 3 aromatic carbocycles. The second-order valence-electron chi connectivity index (χ2n) is 8.62. The van der Waals surface area contributed by atoms with Crippen LogP contribution in [0, 0.1) is 0 Å². The lowest BCUT2D eigenvalue weighted by Gasteiger charge is -2.12. The molecule has 0 saturated carbocycles. The summed E-state index contributed by atoms with van der Waals surface area (Å²) < 4.78 is 47.5. The molecule has 10 nitrogen and oxygen atoms in total. The van der Waals surface area contributed by atoms with Gasteiger partial charge >= 0.3 is 5.97 Å². The van der Waals surface area contributed by atoms with Gasteiger partial charge in [-0.1, -0.05) is 42.5 Å². The minimum atomic E-state index is -0.429. The van der Waals surface area contributed by atoms with E-state index in [4.69, 9.17) is 42.6 Å². The molecule has 10 heteroatoms. The number of carbonyl (C=O) groups excluding carboxylic acids is 1. The van der Waals surface area contributed by atoms with Crippen molar-refractivity contribution in [2.45, 2.75) is 0 Å². The van der Waals surface area contributed by atoms with Crippen LogP contribution in [0.2, 0.25) is 0 Å². The molecule has 0 bridgehead atoms. The Balaban J connectivity index is 1.94. The Morgan fingerprint density at radius 1 is 0.524 bits per heavy atom. The van der Waals surface area contributed by atoms with Gasteiger partial charge in [-0.2, -0.15) is 0 Å². The van der Waals surface area contributed by atoms with Gasteiger partial charge in [-0.15, -0.1) is 0 Å². The van der Waals surface area contributed by atoms with Crippen LogP contribution in [-0.2, 0) is 23.7 Å². The van der Waals surface area contributed by atoms with Gasteiger partial charge in [-0.3, -0.25) is 0 Å². The largest absolute Gasteiger partial charge is 0.465 e. The fourth-order valence-electron chi connectivity index (χ4n) is 3.70. The minimum Gasteiger partial charge on any atom is -0.465 e. The Kier molecular flexibility index (Phi) is 13.4. The quantitative estimate of drug-likeness (QED) is 0.112. The number of benzene rings is 3. The number of hydrogen-bond donors (Lipinski definition) is 0. The average Bonchev–Trinajstić information content (AvgIpc) is 3.02. The summed E-state index contributed by atoms with van der Waals surface area (Å²) in [4.78, 5) is 12.3. The van der Waals surface area contributed by atoms with Gasteiger partial charge in [0.2, 0.25) is 0 Å². The van der Waals surface area contributed by atoms with E-state index in [1.54, 1.807) is 52.7 Å². The predicted molar refractivity (Wildman–Crippen MR) is 159 cm³/mol. The number of hydrogen-bond acceptors (Lipinski definition) is 10. The van der Waals surface area contributed by atoms with Crippen molar-refractivity contribution < 1.29 is 47.4 Å². The molecule has 0 atom stereocenters. The molecule has 0 aromatic heterocycles. The first-order valence-electron chi connectivity index (χ1n) is 12.9. The summed E-state index contributed by atoms with van der Waals surface area (Å²) in [5.74, 6) is 1.65. The smallest absolute Gasteiger partial charge is 0.337 e. The molecule has 224 valence electrons. The molecule has 0 spiro atoms. The van der Waals surface area contributed by atoms with Gasteiger partial charge in [-0.25, -0.2) is 4.79 Å². The van der Waals surface area contributed by atoms with Crippen molar-refractivity contribution in [2.75, 3.05) is 62.7 Å². The van der Waals surface area contributed by atoms with E-state index in [-0.39, 0.29) is 27.2 Å². The number of rotatable bonds is 17. The molecule has 0 saturated heterocycles. The first-order valence-corrected chi connectivity index (χ1v) is 12.9. The zero-order chi connectivity index (χ0) is 30.2. The van der Waals surface area contributed by atoms with Gasteiger partial charge < -0.3 is 42.6 Å². The molecule has 42 heavy (non-hydrogen) atoms. The highest BCUT2D eigenvalue weighted by Gasteiger charge is 2.10. The normalized spacial score (nSPS) is 11.2. The Labute approximate surface area is 245 Å². The maximum Gasteiger partial charge on any atom is 0.337 e. The van der Waals surface area contributed by atoms with Crippen molar-refractivity contribution in [2.24, 2.45) is 0 Å². The van der Waals surface area contributed by atoms with Crippen molar-refractivity contribution in [3.63, 3.8) is 0 Å². The molecule has 0 heterocycles. The number of esters is 1. The number of ether oxygens (including phenoxy) is 9. The second-order valence-corrected chi connectivity index (χ2v) is 8.62. The fourth-order valence-corrected chi connectivity index (χ4v) is 3.70. The van der Waals surface area contributed by atoms with Crippen molar-refractivity contribution >= 4 is 30.3 Å². The van der Waals surface area contributed by atoms with Gasteiger partial charge in [0.25, 0.3) is 0 Å². The molecule has 0 aliphatic rings. The monoisotopic (exact) mass is 580 g/mol. The van der Waals surface area contributed by atoms with Crippen molar-refractivity contribution in [3.8, 4) is 23.0 Å². The molecular formula is C32H36O10. The standard InChI is InChI=1S/C32H36O10/c1-34-19-39-28-14-8-23(16-30(28)41-21-36-3)6-10-25-12-13-27(32(33)38-5)18-26(25)11-7-24-9-15-29(40-20-35-2)31(17-24)42-22-37-4/h6-18H,19-22H2,1-5H3/b10-6+,11-7+. The van der Waals surface area contributed by atoms with E-state index in [1.807, 2.05) is 54.6 Å². The second kappa shape index (κ2) is 17.5. The van der Waals surface area contributed by atoms with Crippen LogP contribution in [0.1, 0.15) is 32.6 Å². The Morgan fingerprint density at radius 2 is 0.976 bits per heavy atom. The minimum absolute atomic E-state index is 0.0599. The predicted octanol–water partition coefficient (Wildman–Crippen LogP) is 5.74. The van der Waals surface area contributed by atoms with Crippen LogP contribution in [0.5, 0.6) is 23.0 Å². The lowest BCUT2D eigenvalue weighted by atomic mass is 10.0. The van der Waals surface area contributed by atoms with Crippen molar-refractivity contribution in [1.29, 1.82) is 0 Å². The summed E-state index contributed by atoms with van der Waals surface area (Å²) in [6.07, 6.45) is 7.70.